The molecule has 1 unspecified atom stereocenters. The molecule has 3 heteroatoms. The minimum absolute atomic E-state index is 0.525. The van der Waals surface area contributed by atoms with Crippen LogP contribution in [0.25, 0.3) is 0 Å². The number of nitrogens with zero attached hydrogens (tertiary/aromatic N) is 2. The van der Waals surface area contributed by atoms with Gasteiger partial charge in [-0.15, -0.1) is 0 Å². The third-order valence-corrected chi connectivity index (χ3v) is 2.61. The Hall–Kier alpha value is -1.02. The zero-order valence-electron chi connectivity index (χ0n) is 8.15. The van der Waals surface area contributed by atoms with Gasteiger partial charge < -0.3 is 0 Å². The summed E-state index contributed by atoms with van der Waals surface area (Å²) in [6.45, 7) is 2.99. The van der Waals surface area contributed by atoms with Gasteiger partial charge in [0.2, 0.25) is 0 Å². The molecular formula is C11H13ClN2. The third kappa shape index (κ3) is 2.26. The maximum atomic E-state index is 5.84. The summed E-state index contributed by atoms with van der Waals surface area (Å²) in [5, 5.41) is 5.10. The van der Waals surface area contributed by atoms with Crippen LogP contribution in [-0.2, 0) is 6.54 Å². The third-order valence-electron chi connectivity index (χ3n) is 2.33. The van der Waals surface area contributed by atoms with Crippen LogP contribution in [0.2, 0.25) is 0 Å². The predicted octanol–water partition coefficient (Wildman–Crippen LogP) is 2.89. The van der Waals surface area contributed by atoms with Gasteiger partial charge in [-0.05, 0) is 25.0 Å². The van der Waals surface area contributed by atoms with Crippen LogP contribution < -0.4 is 0 Å². The van der Waals surface area contributed by atoms with E-state index in [1.54, 1.807) is 0 Å². The highest BCUT2D eigenvalue weighted by Gasteiger charge is 2.08. The van der Waals surface area contributed by atoms with Crippen LogP contribution in [-0.4, -0.2) is 9.78 Å². The molecule has 0 spiro atoms. The van der Waals surface area contributed by atoms with Crippen molar-refractivity contribution in [2.75, 3.05) is 0 Å². The molecule has 1 aliphatic carbocycles. The van der Waals surface area contributed by atoms with E-state index in [-0.39, 0.29) is 0 Å². The van der Waals surface area contributed by atoms with Crippen LogP contribution in [0.1, 0.15) is 12.0 Å². The molecule has 0 amide bonds. The first-order valence-corrected chi connectivity index (χ1v) is 5.15. The molecule has 0 aromatic carbocycles. The molecule has 14 heavy (non-hydrogen) atoms. The van der Waals surface area contributed by atoms with Gasteiger partial charge in [0.05, 0.1) is 6.20 Å². The van der Waals surface area contributed by atoms with E-state index < -0.39 is 0 Å². The van der Waals surface area contributed by atoms with Gasteiger partial charge in [0.25, 0.3) is 0 Å². The average molecular weight is 209 g/mol. The van der Waals surface area contributed by atoms with E-state index in [4.69, 9.17) is 11.6 Å². The second-order valence-corrected chi connectivity index (χ2v) is 4.12. The van der Waals surface area contributed by atoms with Gasteiger partial charge in [-0.25, -0.2) is 0 Å². The molecule has 1 atom stereocenters. The standard InChI is InChI=1S/C11H13ClN2/c1-9-6-13-14(7-9)8-10-2-4-11(12)5-3-10/h2,4-7,10H,3,8H2,1H3. The van der Waals surface area contributed by atoms with E-state index in [0.717, 1.165) is 18.0 Å². The van der Waals surface area contributed by atoms with E-state index in [1.807, 2.05) is 17.0 Å². The van der Waals surface area contributed by atoms with Crippen LogP contribution >= 0.6 is 11.6 Å². The summed E-state index contributed by atoms with van der Waals surface area (Å²) < 4.78 is 1.98. The Bertz CT molecular complexity index is 376. The molecule has 0 radical (unpaired) electrons. The van der Waals surface area contributed by atoms with Crippen molar-refractivity contribution in [3.05, 3.63) is 41.2 Å². The summed E-state index contributed by atoms with van der Waals surface area (Å²) in [5.41, 5.74) is 1.21. The lowest BCUT2D eigenvalue weighted by Crippen LogP contribution is -2.09. The normalized spacial score (nSPS) is 21.0. The molecule has 2 rings (SSSR count). The van der Waals surface area contributed by atoms with Crippen LogP contribution in [0.15, 0.2) is 35.7 Å². The molecule has 0 saturated carbocycles. The van der Waals surface area contributed by atoms with Gasteiger partial charge in [-0.1, -0.05) is 23.8 Å². The SMILES string of the molecule is Cc1cnn(CC2C=CC(Cl)=CC2)c1. The zero-order chi connectivity index (χ0) is 9.97. The van der Waals surface area contributed by atoms with Crippen LogP contribution in [0, 0.1) is 12.8 Å². The number of allylic oxidation sites excluding steroid dienone is 4. The minimum Gasteiger partial charge on any atom is -0.272 e. The summed E-state index contributed by atoms with van der Waals surface area (Å²) in [5.74, 6) is 0.525. The summed E-state index contributed by atoms with van der Waals surface area (Å²) in [4.78, 5) is 0. The Morgan fingerprint density at radius 2 is 2.50 bits per heavy atom. The van der Waals surface area contributed by atoms with Crippen LogP contribution in [0.5, 0.6) is 0 Å². The molecule has 1 heterocycles. The summed E-state index contributed by atoms with van der Waals surface area (Å²) in [6.07, 6.45) is 11.1. The highest BCUT2D eigenvalue weighted by atomic mass is 35.5. The topological polar surface area (TPSA) is 17.8 Å². The summed E-state index contributed by atoms with van der Waals surface area (Å²) in [7, 11) is 0. The van der Waals surface area contributed by atoms with Crippen LogP contribution in [0.4, 0.5) is 0 Å². The monoisotopic (exact) mass is 208 g/mol. The number of aryl methyl sites for hydroxylation is 1. The molecule has 0 saturated heterocycles. The molecule has 0 bridgehead atoms. The second-order valence-electron chi connectivity index (χ2n) is 3.68. The number of rotatable bonds is 2. The maximum absolute atomic E-state index is 5.84. The quantitative estimate of drug-likeness (QED) is 0.731. The van der Waals surface area contributed by atoms with Crippen molar-refractivity contribution in [1.29, 1.82) is 0 Å². The molecule has 0 fully saturated rings. The van der Waals surface area contributed by atoms with Crippen molar-refractivity contribution >= 4 is 11.6 Å². The van der Waals surface area contributed by atoms with Crippen molar-refractivity contribution in [2.24, 2.45) is 5.92 Å². The number of hydrogen-bond acceptors (Lipinski definition) is 1. The number of halogens is 1. The zero-order valence-corrected chi connectivity index (χ0v) is 8.91. The summed E-state index contributed by atoms with van der Waals surface area (Å²) in [6, 6.07) is 0. The van der Waals surface area contributed by atoms with E-state index in [0.29, 0.717) is 5.92 Å². The predicted molar refractivity (Wildman–Crippen MR) is 58.1 cm³/mol. The fourth-order valence-electron chi connectivity index (χ4n) is 1.58. The Balaban J connectivity index is 1.97. The summed E-state index contributed by atoms with van der Waals surface area (Å²) >= 11 is 5.84. The number of hydrogen-bond donors (Lipinski definition) is 0. The lowest BCUT2D eigenvalue weighted by molar-refractivity contribution is 0.490. The smallest absolute Gasteiger partial charge is 0.0518 e. The van der Waals surface area contributed by atoms with Crippen molar-refractivity contribution < 1.29 is 0 Å². The Morgan fingerprint density at radius 3 is 3.07 bits per heavy atom. The Morgan fingerprint density at radius 1 is 1.64 bits per heavy atom. The molecule has 1 aromatic rings. The molecule has 0 N–H and O–H groups in total. The first-order valence-electron chi connectivity index (χ1n) is 4.77. The lowest BCUT2D eigenvalue weighted by atomic mass is 10.0. The largest absolute Gasteiger partial charge is 0.272 e. The molecule has 1 aliphatic rings. The maximum Gasteiger partial charge on any atom is 0.0518 e. The van der Waals surface area contributed by atoms with E-state index in [1.165, 1.54) is 5.56 Å². The molecule has 74 valence electrons. The molecule has 0 aliphatic heterocycles. The van der Waals surface area contributed by atoms with E-state index in [9.17, 15) is 0 Å². The highest BCUT2D eigenvalue weighted by Crippen LogP contribution is 2.19. The fraction of sp³-hybridized carbons (Fsp3) is 0.364. The lowest BCUT2D eigenvalue weighted by Gasteiger charge is -2.13. The molecule has 2 nitrogen and oxygen atoms in total. The van der Waals surface area contributed by atoms with Gasteiger partial charge in [-0.3, -0.25) is 4.68 Å². The van der Waals surface area contributed by atoms with Crippen molar-refractivity contribution in [1.82, 2.24) is 9.78 Å². The van der Waals surface area contributed by atoms with E-state index >= 15 is 0 Å². The van der Waals surface area contributed by atoms with Gasteiger partial charge in [0.1, 0.15) is 0 Å². The Labute approximate surface area is 88.9 Å². The van der Waals surface area contributed by atoms with Crippen molar-refractivity contribution in [2.45, 2.75) is 19.9 Å². The first-order chi connectivity index (χ1) is 6.74. The molecule has 1 aromatic heterocycles. The van der Waals surface area contributed by atoms with Gasteiger partial charge in [-0.2, -0.15) is 5.10 Å². The number of aromatic nitrogens is 2. The first kappa shape index (κ1) is 9.53. The van der Waals surface area contributed by atoms with Gasteiger partial charge in [0, 0.05) is 23.7 Å². The Kier molecular flexibility index (Phi) is 2.73. The fourth-order valence-corrected chi connectivity index (χ4v) is 1.74. The van der Waals surface area contributed by atoms with Crippen molar-refractivity contribution in [3.63, 3.8) is 0 Å². The van der Waals surface area contributed by atoms with E-state index in [2.05, 4.69) is 30.4 Å². The minimum atomic E-state index is 0.525. The van der Waals surface area contributed by atoms with Crippen molar-refractivity contribution in [3.8, 4) is 0 Å². The van der Waals surface area contributed by atoms with Gasteiger partial charge in [0.15, 0.2) is 0 Å². The average Bonchev–Trinajstić information content (AvgIpc) is 2.56. The highest BCUT2D eigenvalue weighted by molar-refractivity contribution is 6.31. The molecular weight excluding hydrogens is 196 g/mol. The van der Waals surface area contributed by atoms with Gasteiger partial charge >= 0.3 is 0 Å². The second kappa shape index (κ2) is 4.01. The van der Waals surface area contributed by atoms with Crippen LogP contribution in [0.3, 0.4) is 0 Å².